The lowest BCUT2D eigenvalue weighted by Crippen LogP contribution is -2.61. The van der Waals surface area contributed by atoms with Crippen molar-refractivity contribution >= 4 is 17.6 Å². The molecule has 0 amide bonds. The molecule has 0 fully saturated rings. The van der Waals surface area contributed by atoms with Crippen LogP contribution in [0.25, 0.3) is 0 Å². The van der Waals surface area contributed by atoms with E-state index in [1.807, 2.05) is 4.74 Å². The van der Waals surface area contributed by atoms with Crippen LogP contribution in [-0.2, 0) is 14.3 Å². The van der Waals surface area contributed by atoms with Gasteiger partial charge in [-0.25, -0.2) is 14.3 Å². The lowest BCUT2D eigenvalue weighted by atomic mass is 10.3. The van der Waals surface area contributed by atoms with Crippen LogP contribution in [0.4, 0.5) is 52.7 Å². The predicted octanol–water partition coefficient (Wildman–Crippen LogP) is 3.94. The third-order valence-corrected chi connectivity index (χ3v) is 2.07. The van der Waals surface area contributed by atoms with Crippen molar-refractivity contribution in [2.75, 3.05) is 0 Å². The van der Waals surface area contributed by atoms with Gasteiger partial charge in [0.2, 0.25) is 0 Å². The molecule has 0 aromatic rings. The molecule has 1 atom stereocenters. The molecule has 0 saturated carbocycles. The largest absolute Gasteiger partial charge is 0.478 e. The molecule has 0 bridgehead atoms. The standard InChI is InChI=1S/C7HClF12O4/c8-4(13,14)3(11,12)6(18,19)24-7(20,5(15,16)17)23-2(9,10)1(21)22/h(H,21,22). The fourth-order valence-electron chi connectivity index (χ4n) is 0.739. The lowest BCUT2D eigenvalue weighted by molar-refractivity contribution is -0.547. The van der Waals surface area contributed by atoms with E-state index in [0.29, 0.717) is 0 Å². The first-order valence-corrected chi connectivity index (χ1v) is 5.08. The van der Waals surface area contributed by atoms with E-state index >= 15 is 0 Å². The van der Waals surface area contributed by atoms with Crippen LogP contribution in [0, 0.1) is 0 Å². The third kappa shape index (κ3) is 4.27. The second kappa shape index (κ2) is 5.98. The van der Waals surface area contributed by atoms with Crippen LogP contribution < -0.4 is 0 Å². The fraction of sp³-hybridized carbons (Fsp3) is 0.857. The molecule has 1 N–H and O–H groups in total. The first-order chi connectivity index (χ1) is 10.1. The van der Waals surface area contributed by atoms with Crippen molar-refractivity contribution in [1.82, 2.24) is 0 Å². The number of carbonyl (C=O) groups is 1. The van der Waals surface area contributed by atoms with E-state index in [1.54, 1.807) is 4.74 Å². The van der Waals surface area contributed by atoms with E-state index in [1.165, 1.54) is 0 Å². The molecule has 0 aromatic heterocycles. The van der Waals surface area contributed by atoms with Gasteiger partial charge in [0.05, 0.1) is 0 Å². The van der Waals surface area contributed by atoms with E-state index in [2.05, 4.69) is 11.6 Å². The quantitative estimate of drug-likeness (QED) is 0.391. The smallest absolute Gasteiger partial charge is 0.475 e. The minimum Gasteiger partial charge on any atom is -0.475 e. The first kappa shape index (κ1) is 22.8. The Kier molecular flexibility index (Phi) is 5.69. The number of hydrogen-bond donors (Lipinski definition) is 1. The highest BCUT2D eigenvalue weighted by molar-refractivity contribution is 6.22. The van der Waals surface area contributed by atoms with Gasteiger partial charge in [0.1, 0.15) is 0 Å². The summed E-state index contributed by atoms with van der Waals surface area (Å²) in [6.45, 7) is 0. The third-order valence-electron chi connectivity index (χ3n) is 1.83. The maximum atomic E-state index is 13.2. The zero-order valence-electron chi connectivity index (χ0n) is 10.1. The minimum absolute atomic E-state index is 1.66. The zero-order valence-corrected chi connectivity index (χ0v) is 10.8. The number of aliphatic carboxylic acids is 1. The summed E-state index contributed by atoms with van der Waals surface area (Å²) in [5, 5.41) is 1.38. The number of ether oxygens (including phenoxy) is 2. The Morgan fingerprint density at radius 2 is 1.17 bits per heavy atom. The molecule has 17 heteroatoms. The van der Waals surface area contributed by atoms with E-state index in [9.17, 15) is 57.5 Å². The molecule has 0 radical (unpaired) electrons. The van der Waals surface area contributed by atoms with Crippen molar-refractivity contribution in [3.63, 3.8) is 0 Å². The molecule has 0 saturated heterocycles. The predicted molar refractivity (Wildman–Crippen MR) is 45.3 cm³/mol. The van der Waals surface area contributed by atoms with Crippen LogP contribution in [0.1, 0.15) is 0 Å². The monoisotopic (exact) mass is 412 g/mol. The molecule has 4 nitrogen and oxygen atoms in total. The molecule has 24 heavy (non-hydrogen) atoms. The van der Waals surface area contributed by atoms with Gasteiger partial charge < -0.3 is 5.11 Å². The summed E-state index contributed by atoms with van der Waals surface area (Å²) in [5.41, 5.74) is 0. The van der Waals surface area contributed by atoms with Gasteiger partial charge >= 0.3 is 41.7 Å². The summed E-state index contributed by atoms with van der Waals surface area (Å²) in [4.78, 5) is 9.81. The molecule has 1 unspecified atom stereocenters. The van der Waals surface area contributed by atoms with Crippen molar-refractivity contribution in [2.45, 2.75) is 35.7 Å². The van der Waals surface area contributed by atoms with Gasteiger partial charge in [-0.3, -0.25) is 0 Å². The Labute approximate surface area is 126 Å². The Morgan fingerprint density at radius 3 is 1.42 bits per heavy atom. The summed E-state index contributed by atoms with van der Waals surface area (Å²) in [7, 11) is 0. The summed E-state index contributed by atoms with van der Waals surface area (Å²) in [5.74, 6) is -10.7. The van der Waals surface area contributed by atoms with Crippen molar-refractivity contribution in [3.8, 4) is 0 Å². The zero-order chi connectivity index (χ0) is 20.0. The first-order valence-electron chi connectivity index (χ1n) is 4.70. The Morgan fingerprint density at radius 1 is 0.792 bits per heavy atom. The van der Waals surface area contributed by atoms with Gasteiger partial charge in [-0.2, -0.15) is 52.7 Å². The highest BCUT2D eigenvalue weighted by Crippen LogP contribution is 2.52. The summed E-state index contributed by atoms with van der Waals surface area (Å²) < 4.78 is 153. The summed E-state index contributed by atoms with van der Waals surface area (Å²) in [6.07, 6.45) is -20.6. The van der Waals surface area contributed by atoms with Crippen LogP contribution in [0.5, 0.6) is 0 Å². The molecular weight excluding hydrogens is 412 g/mol. The average molecular weight is 413 g/mol. The van der Waals surface area contributed by atoms with Gasteiger partial charge in [0.15, 0.2) is 0 Å². The van der Waals surface area contributed by atoms with Gasteiger partial charge in [0.25, 0.3) is 0 Å². The van der Waals surface area contributed by atoms with E-state index in [4.69, 9.17) is 5.11 Å². The van der Waals surface area contributed by atoms with Crippen molar-refractivity contribution in [3.05, 3.63) is 0 Å². The highest BCUT2D eigenvalue weighted by Gasteiger charge is 2.78. The second-order valence-corrected chi connectivity index (χ2v) is 4.12. The summed E-state index contributed by atoms with van der Waals surface area (Å²) >= 11 is 3.51. The topological polar surface area (TPSA) is 55.8 Å². The van der Waals surface area contributed by atoms with Crippen LogP contribution >= 0.6 is 11.6 Å². The molecule has 0 aliphatic rings. The molecule has 0 spiro atoms. The summed E-state index contributed by atoms with van der Waals surface area (Å²) in [6, 6.07) is -6.94. The molecule has 0 aliphatic carbocycles. The Bertz CT molecular complexity index is 485. The van der Waals surface area contributed by atoms with Crippen LogP contribution in [0.3, 0.4) is 0 Å². The van der Waals surface area contributed by atoms with E-state index < -0.39 is 41.7 Å². The van der Waals surface area contributed by atoms with Gasteiger partial charge in [-0.15, -0.1) is 0 Å². The van der Waals surface area contributed by atoms with Gasteiger partial charge in [0, 0.05) is 0 Å². The van der Waals surface area contributed by atoms with Crippen LogP contribution in [0.15, 0.2) is 0 Å². The molecular formula is C7HClF12O4. The number of hydrogen-bond acceptors (Lipinski definition) is 3. The maximum absolute atomic E-state index is 13.2. The molecule has 0 aliphatic heterocycles. The van der Waals surface area contributed by atoms with Crippen molar-refractivity contribution in [2.24, 2.45) is 0 Å². The molecule has 0 rings (SSSR count). The average Bonchev–Trinajstić information content (AvgIpc) is 2.23. The number of halogens is 13. The SMILES string of the molecule is O=C(O)C(F)(F)OC(F)(OC(F)(F)C(F)(F)C(F)(F)Cl)C(F)(F)F. The second-order valence-electron chi connectivity index (χ2n) is 3.65. The Hall–Kier alpha value is -1.16. The number of rotatable bonds is 7. The maximum Gasteiger partial charge on any atom is 0.478 e. The molecule has 0 heterocycles. The lowest BCUT2D eigenvalue weighted by Gasteiger charge is -2.35. The number of carboxylic acid groups (broad SMARTS) is 1. The van der Waals surface area contributed by atoms with Gasteiger partial charge in [-0.1, -0.05) is 0 Å². The van der Waals surface area contributed by atoms with E-state index in [-0.39, 0.29) is 0 Å². The normalized spacial score (nSPS) is 17.5. The fourth-order valence-corrected chi connectivity index (χ4v) is 0.849. The van der Waals surface area contributed by atoms with E-state index in [0.717, 1.165) is 0 Å². The Balaban J connectivity index is 5.96. The number of alkyl halides is 13. The van der Waals surface area contributed by atoms with Gasteiger partial charge in [-0.05, 0) is 11.6 Å². The molecule has 0 aromatic carbocycles. The number of carboxylic acids is 1. The minimum atomic E-state index is -7.18. The van der Waals surface area contributed by atoms with Crippen molar-refractivity contribution in [1.29, 1.82) is 0 Å². The van der Waals surface area contributed by atoms with Crippen LogP contribution in [0.2, 0.25) is 0 Å². The highest BCUT2D eigenvalue weighted by atomic mass is 35.5. The van der Waals surface area contributed by atoms with Crippen LogP contribution in [-0.4, -0.2) is 46.8 Å². The molecule has 144 valence electrons. The van der Waals surface area contributed by atoms with Crippen molar-refractivity contribution < 1.29 is 72.1 Å².